The SMILES string of the molecule is COc1ccc(CC(=O)N=C(N)NC(Cc2ccccc2)C(=O)NCc2cc(OC)c(OC)cc2Br)cc1OC. The second-order valence-corrected chi connectivity index (χ2v) is 9.51. The zero-order valence-electron chi connectivity index (χ0n) is 22.8. The maximum atomic E-state index is 13.3. The van der Waals surface area contributed by atoms with Crippen molar-refractivity contribution in [2.45, 2.75) is 25.4 Å². The molecule has 0 heterocycles. The number of carbonyl (C=O) groups is 2. The number of ether oxygens (including phenoxy) is 4. The first kappa shape index (κ1) is 30.3. The molecule has 0 spiro atoms. The molecule has 0 aliphatic rings. The molecule has 0 saturated heterocycles. The average molecular weight is 614 g/mol. The van der Waals surface area contributed by atoms with Gasteiger partial charge in [-0.1, -0.05) is 52.3 Å². The molecular weight excluding hydrogens is 580 g/mol. The number of nitrogens with zero attached hydrogens (tertiary/aromatic N) is 1. The van der Waals surface area contributed by atoms with Gasteiger partial charge in [0.2, 0.25) is 5.91 Å². The van der Waals surface area contributed by atoms with Gasteiger partial charge in [0.15, 0.2) is 29.0 Å². The quantitative estimate of drug-likeness (QED) is 0.209. The number of nitrogens with one attached hydrogen (secondary N) is 2. The van der Waals surface area contributed by atoms with Gasteiger partial charge in [-0.15, -0.1) is 0 Å². The first-order valence-electron chi connectivity index (χ1n) is 12.3. The third-order valence-corrected chi connectivity index (χ3v) is 6.71. The van der Waals surface area contributed by atoms with Crippen LogP contribution in [0.1, 0.15) is 16.7 Å². The van der Waals surface area contributed by atoms with E-state index in [1.54, 1.807) is 44.6 Å². The molecule has 0 aliphatic carbocycles. The minimum absolute atomic E-state index is 0.00832. The Morgan fingerprint density at radius 3 is 2.12 bits per heavy atom. The lowest BCUT2D eigenvalue weighted by atomic mass is 10.1. The lowest BCUT2D eigenvalue weighted by Gasteiger charge is -2.20. The first-order valence-corrected chi connectivity index (χ1v) is 13.1. The van der Waals surface area contributed by atoms with Crippen LogP contribution in [0.15, 0.2) is 70.1 Å². The molecule has 3 aromatic rings. The van der Waals surface area contributed by atoms with Crippen LogP contribution in [0.2, 0.25) is 0 Å². The molecule has 0 fully saturated rings. The number of aliphatic imine (C=N–C) groups is 1. The van der Waals surface area contributed by atoms with Crippen LogP contribution in [0.3, 0.4) is 0 Å². The second-order valence-electron chi connectivity index (χ2n) is 8.66. The van der Waals surface area contributed by atoms with Gasteiger partial charge in [-0.2, -0.15) is 4.99 Å². The maximum Gasteiger partial charge on any atom is 0.253 e. The zero-order valence-corrected chi connectivity index (χ0v) is 24.4. The summed E-state index contributed by atoms with van der Waals surface area (Å²) in [4.78, 5) is 29.9. The van der Waals surface area contributed by atoms with Crippen LogP contribution in [0.5, 0.6) is 23.0 Å². The van der Waals surface area contributed by atoms with Crippen LogP contribution in [0.25, 0.3) is 0 Å². The van der Waals surface area contributed by atoms with Gasteiger partial charge in [0.1, 0.15) is 6.04 Å². The molecule has 1 atom stereocenters. The van der Waals surface area contributed by atoms with E-state index in [1.807, 2.05) is 30.3 Å². The third kappa shape index (κ3) is 8.37. The molecule has 0 aromatic heterocycles. The second kappa shape index (κ2) is 14.8. The highest BCUT2D eigenvalue weighted by Crippen LogP contribution is 2.33. The van der Waals surface area contributed by atoms with Crippen LogP contribution in [0.4, 0.5) is 0 Å². The van der Waals surface area contributed by atoms with E-state index >= 15 is 0 Å². The van der Waals surface area contributed by atoms with Crippen LogP contribution in [0, 0.1) is 0 Å². The number of rotatable bonds is 12. The summed E-state index contributed by atoms with van der Waals surface area (Å²) in [6.07, 6.45) is 0.311. The van der Waals surface area contributed by atoms with Crippen molar-refractivity contribution in [2.75, 3.05) is 28.4 Å². The molecule has 2 amide bonds. The summed E-state index contributed by atoms with van der Waals surface area (Å²) in [7, 11) is 6.15. The molecule has 0 radical (unpaired) electrons. The number of benzene rings is 3. The summed E-state index contributed by atoms with van der Waals surface area (Å²) in [6.45, 7) is 0.210. The summed E-state index contributed by atoms with van der Waals surface area (Å²) < 4.78 is 22.0. The van der Waals surface area contributed by atoms with Crippen molar-refractivity contribution in [1.29, 1.82) is 0 Å². The van der Waals surface area contributed by atoms with Crippen molar-refractivity contribution in [3.05, 3.63) is 81.8 Å². The fourth-order valence-corrected chi connectivity index (χ4v) is 4.41. The molecule has 0 aliphatic heterocycles. The van der Waals surface area contributed by atoms with Gasteiger partial charge in [0, 0.05) is 17.4 Å². The first-order chi connectivity index (χ1) is 19.3. The van der Waals surface area contributed by atoms with Gasteiger partial charge < -0.3 is 35.3 Å². The molecule has 3 rings (SSSR count). The summed E-state index contributed by atoms with van der Waals surface area (Å²) in [5.41, 5.74) is 8.46. The fraction of sp³-hybridized carbons (Fsp3) is 0.276. The smallest absolute Gasteiger partial charge is 0.253 e. The normalized spacial score (nSPS) is 11.8. The van der Waals surface area contributed by atoms with Gasteiger partial charge in [-0.25, -0.2) is 0 Å². The molecule has 0 bridgehead atoms. The highest BCUT2D eigenvalue weighted by molar-refractivity contribution is 9.10. The van der Waals surface area contributed by atoms with E-state index in [2.05, 4.69) is 31.6 Å². The largest absolute Gasteiger partial charge is 0.493 e. The highest BCUT2D eigenvalue weighted by atomic mass is 79.9. The van der Waals surface area contributed by atoms with E-state index in [4.69, 9.17) is 24.7 Å². The van der Waals surface area contributed by atoms with E-state index in [9.17, 15) is 9.59 Å². The van der Waals surface area contributed by atoms with Crippen molar-refractivity contribution in [1.82, 2.24) is 10.6 Å². The van der Waals surface area contributed by atoms with Gasteiger partial charge in [-0.3, -0.25) is 9.59 Å². The molecule has 4 N–H and O–H groups in total. The summed E-state index contributed by atoms with van der Waals surface area (Å²) in [6, 6.07) is 17.4. The Balaban J connectivity index is 1.73. The number of nitrogens with two attached hydrogens (primary N) is 1. The van der Waals surface area contributed by atoms with E-state index in [-0.39, 0.29) is 24.8 Å². The Hall–Kier alpha value is -4.25. The maximum absolute atomic E-state index is 13.3. The van der Waals surface area contributed by atoms with Crippen molar-refractivity contribution in [2.24, 2.45) is 10.7 Å². The molecular formula is C29H33BrN4O6. The number of halogens is 1. The Kier molecular flexibility index (Phi) is 11.2. The topological polar surface area (TPSA) is 134 Å². The monoisotopic (exact) mass is 612 g/mol. The number of hydrogen-bond donors (Lipinski definition) is 3. The highest BCUT2D eigenvalue weighted by Gasteiger charge is 2.21. The lowest BCUT2D eigenvalue weighted by molar-refractivity contribution is -0.123. The predicted octanol–water partition coefficient (Wildman–Crippen LogP) is 3.38. The average Bonchev–Trinajstić information content (AvgIpc) is 2.96. The van der Waals surface area contributed by atoms with Crippen LogP contribution < -0.4 is 35.3 Å². The van der Waals surface area contributed by atoms with Crippen molar-refractivity contribution in [3.8, 4) is 23.0 Å². The number of carbonyl (C=O) groups excluding carboxylic acids is 2. The van der Waals surface area contributed by atoms with E-state index in [0.29, 0.717) is 35.0 Å². The van der Waals surface area contributed by atoms with Crippen LogP contribution >= 0.6 is 15.9 Å². The molecule has 10 nitrogen and oxygen atoms in total. The van der Waals surface area contributed by atoms with Gasteiger partial charge >= 0.3 is 0 Å². The van der Waals surface area contributed by atoms with Crippen molar-refractivity contribution < 1.29 is 28.5 Å². The summed E-state index contributed by atoms with van der Waals surface area (Å²) >= 11 is 3.51. The van der Waals surface area contributed by atoms with Crippen molar-refractivity contribution in [3.63, 3.8) is 0 Å². The molecule has 40 heavy (non-hydrogen) atoms. The Morgan fingerprint density at radius 2 is 1.48 bits per heavy atom. The summed E-state index contributed by atoms with van der Waals surface area (Å²) in [5, 5.41) is 5.83. The number of hydrogen-bond acceptors (Lipinski definition) is 6. The number of methoxy groups -OCH3 is 4. The summed E-state index contributed by atoms with van der Waals surface area (Å²) in [5.74, 6) is 1.20. The van der Waals surface area contributed by atoms with Crippen LogP contribution in [-0.4, -0.2) is 52.3 Å². The standard InChI is InChI=1S/C29H33BrN4O6/c1-37-23-11-10-19(13-24(23)38-2)14-27(35)34-29(31)33-22(12-18-8-6-5-7-9-18)28(36)32-17-20-15-25(39-3)26(40-4)16-21(20)30/h5-11,13,15-16,22H,12,14,17H2,1-4H3,(H,32,36)(H3,31,33,34,35). The van der Waals surface area contributed by atoms with Crippen molar-refractivity contribution >= 4 is 33.7 Å². The molecule has 11 heteroatoms. The van der Waals surface area contributed by atoms with E-state index < -0.39 is 11.9 Å². The molecule has 3 aromatic carbocycles. The van der Waals surface area contributed by atoms with E-state index in [0.717, 1.165) is 15.6 Å². The minimum atomic E-state index is -0.793. The fourth-order valence-electron chi connectivity index (χ4n) is 3.95. The van der Waals surface area contributed by atoms with E-state index in [1.165, 1.54) is 14.2 Å². The predicted molar refractivity (Wildman–Crippen MR) is 156 cm³/mol. The van der Waals surface area contributed by atoms with Gasteiger partial charge in [0.05, 0.1) is 34.9 Å². The van der Waals surface area contributed by atoms with Gasteiger partial charge in [-0.05, 0) is 41.0 Å². The number of amides is 2. The Bertz CT molecular complexity index is 1350. The number of guanidine groups is 1. The van der Waals surface area contributed by atoms with Gasteiger partial charge in [0.25, 0.3) is 5.91 Å². The molecule has 212 valence electrons. The van der Waals surface area contributed by atoms with Crippen LogP contribution in [-0.2, 0) is 29.0 Å². The molecule has 0 saturated carbocycles. The third-order valence-electron chi connectivity index (χ3n) is 5.98. The Morgan fingerprint density at radius 1 is 0.850 bits per heavy atom. The zero-order chi connectivity index (χ0) is 29.1. The Labute approximate surface area is 242 Å². The minimum Gasteiger partial charge on any atom is -0.493 e. The lowest BCUT2D eigenvalue weighted by Crippen LogP contribution is -2.50. The molecule has 1 unspecified atom stereocenters.